The van der Waals surface area contributed by atoms with Gasteiger partial charge in [0.05, 0.1) is 20.8 Å². The van der Waals surface area contributed by atoms with Crippen molar-refractivity contribution in [1.82, 2.24) is 9.88 Å². The summed E-state index contributed by atoms with van der Waals surface area (Å²) in [5.41, 5.74) is 2.19. The molecule has 0 saturated carbocycles. The zero-order chi connectivity index (χ0) is 15.8. The Morgan fingerprint density at radius 1 is 1.05 bits per heavy atom. The summed E-state index contributed by atoms with van der Waals surface area (Å²) >= 11 is 0. The van der Waals surface area contributed by atoms with Crippen LogP contribution in [0.25, 0.3) is 0 Å². The minimum Gasteiger partial charge on any atom is -0.497 e. The molecule has 2 aromatic rings. The number of aliphatic hydroxyl groups is 1. The van der Waals surface area contributed by atoms with E-state index in [0.717, 1.165) is 29.2 Å². The van der Waals surface area contributed by atoms with Crippen molar-refractivity contribution in [3.05, 3.63) is 53.9 Å². The van der Waals surface area contributed by atoms with Gasteiger partial charge in [0, 0.05) is 38.1 Å². The maximum absolute atomic E-state index is 9.29. The fourth-order valence-corrected chi connectivity index (χ4v) is 2.32. The van der Waals surface area contributed by atoms with Crippen LogP contribution in [0.4, 0.5) is 0 Å². The topological polar surface area (TPSA) is 54.8 Å². The lowest BCUT2D eigenvalue weighted by atomic mass is 10.1. The second kappa shape index (κ2) is 8.36. The second-order valence-electron chi connectivity index (χ2n) is 5.02. The third kappa shape index (κ3) is 4.72. The first-order valence-electron chi connectivity index (χ1n) is 7.19. The number of methoxy groups -OCH3 is 2. The van der Waals surface area contributed by atoms with Gasteiger partial charge in [0.25, 0.3) is 0 Å². The van der Waals surface area contributed by atoms with Crippen molar-refractivity contribution in [2.24, 2.45) is 0 Å². The zero-order valence-corrected chi connectivity index (χ0v) is 13.0. The molecule has 1 aromatic carbocycles. The molecular weight excluding hydrogens is 280 g/mol. The van der Waals surface area contributed by atoms with Gasteiger partial charge in [-0.15, -0.1) is 0 Å². The maximum atomic E-state index is 9.29. The first-order chi connectivity index (χ1) is 10.7. The fourth-order valence-electron chi connectivity index (χ4n) is 2.32. The standard InChI is InChI=1S/C17H22N2O3/c1-21-16-8-15(9-17(10-16)22-2)13-19(6-7-20)12-14-4-3-5-18-11-14/h3-5,8-11,20H,6-7,12-13H2,1-2H3. The Balaban J connectivity index is 2.13. The van der Waals surface area contributed by atoms with Gasteiger partial charge in [-0.05, 0) is 29.3 Å². The van der Waals surface area contributed by atoms with Crippen LogP contribution in [-0.2, 0) is 13.1 Å². The van der Waals surface area contributed by atoms with Crippen molar-refractivity contribution >= 4 is 0 Å². The molecule has 0 aliphatic rings. The van der Waals surface area contributed by atoms with E-state index in [1.807, 2.05) is 36.5 Å². The first kappa shape index (κ1) is 16.3. The summed E-state index contributed by atoms with van der Waals surface area (Å²) in [6.45, 7) is 2.13. The number of rotatable bonds is 8. The van der Waals surface area contributed by atoms with Gasteiger partial charge in [0.1, 0.15) is 11.5 Å². The van der Waals surface area contributed by atoms with Crippen molar-refractivity contribution in [3.63, 3.8) is 0 Å². The average molecular weight is 302 g/mol. The minimum absolute atomic E-state index is 0.112. The third-order valence-electron chi connectivity index (χ3n) is 3.36. The van der Waals surface area contributed by atoms with Gasteiger partial charge < -0.3 is 14.6 Å². The summed E-state index contributed by atoms with van der Waals surface area (Å²) in [7, 11) is 3.28. The lowest BCUT2D eigenvalue weighted by Gasteiger charge is -2.22. The van der Waals surface area contributed by atoms with Crippen molar-refractivity contribution in [1.29, 1.82) is 0 Å². The highest BCUT2D eigenvalue weighted by atomic mass is 16.5. The molecule has 0 amide bonds. The van der Waals surface area contributed by atoms with Crippen molar-refractivity contribution in [2.45, 2.75) is 13.1 Å². The summed E-state index contributed by atoms with van der Waals surface area (Å²) in [5.74, 6) is 1.53. The molecular formula is C17H22N2O3. The van der Waals surface area contributed by atoms with E-state index in [1.165, 1.54) is 0 Å². The van der Waals surface area contributed by atoms with E-state index in [9.17, 15) is 5.11 Å². The van der Waals surface area contributed by atoms with Crippen LogP contribution >= 0.6 is 0 Å². The number of benzene rings is 1. The van der Waals surface area contributed by atoms with Crippen LogP contribution < -0.4 is 9.47 Å². The van der Waals surface area contributed by atoms with Crippen LogP contribution in [0, 0.1) is 0 Å². The van der Waals surface area contributed by atoms with E-state index < -0.39 is 0 Å². The molecule has 5 nitrogen and oxygen atoms in total. The Morgan fingerprint density at radius 3 is 2.27 bits per heavy atom. The molecule has 118 valence electrons. The van der Waals surface area contributed by atoms with Crippen LogP contribution in [0.5, 0.6) is 11.5 Å². The molecule has 2 rings (SSSR count). The van der Waals surface area contributed by atoms with Crippen LogP contribution in [-0.4, -0.2) is 42.4 Å². The van der Waals surface area contributed by atoms with Gasteiger partial charge in [0.2, 0.25) is 0 Å². The van der Waals surface area contributed by atoms with Gasteiger partial charge in [-0.3, -0.25) is 9.88 Å². The molecule has 1 N–H and O–H groups in total. The molecule has 0 radical (unpaired) electrons. The van der Waals surface area contributed by atoms with E-state index in [1.54, 1.807) is 20.4 Å². The second-order valence-corrected chi connectivity index (χ2v) is 5.02. The molecule has 0 spiro atoms. The highest BCUT2D eigenvalue weighted by Crippen LogP contribution is 2.23. The van der Waals surface area contributed by atoms with Gasteiger partial charge >= 0.3 is 0 Å². The predicted octanol–water partition coefficient (Wildman–Crippen LogP) is 2.09. The molecule has 0 unspecified atom stereocenters. The van der Waals surface area contributed by atoms with Gasteiger partial charge in [-0.1, -0.05) is 6.07 Å². The van der Waals surface area contributed by atoms with Crippen LogP contribution in [0.2, 0.25) is 0 Å². The monoisotopic (exact) mass is 302 g/mol. The summed E-state index contributed by atoms with van der Waals surface area (Å²) in [4.78, 5) is 6.29. The maximum Gasteiger partial charge on any atom is 0.122 e. The molecule has 0 aliphatic heterocycles. The van der Waals surface area contributed by atoms with Crippen molar-refractivity contribution in [2.75, 3.05) is 27.4 Å². The Morgan fingerprint density at radius 2 is 1.73 bits per heavy atom. The van der Waals surface area contributed by atoms with E-state index >= 15 is 0 Å². The average Bonchev–Trinajstić information content (AvgIpc) is 2.55. The molecule has 0 atom stereocenters. The first-order valence-corrected chi connectivity index (χ1v) is 7.19. The summed E-state index contributed by atoms with van der Waals surface area (Å²) in [6.07, 6.45) is 3.60. The quantitative estimate of drug-likeness (QED) is 0.809. The Kier molecular flexibility index (Phi) is 6.18. The van der Waals surface area contributed by atoms with Crippen LogP contribution in [0.1, 0.15) is 11.1 Å². The third-order valence-corrected chi connectivity index (χ3v) is 3.36. The molecule has 0 bridgehead atoms. The van der Waals surface area contributed by atoms with Crippen molar-refractivity contribution in [3.8, 4) is 11.5 Å². The molecule has 1 aromatic heterocycles. The lowest BCUT2D eigenvalue weighted by Crippen LogP contribution is -2.26. The van der Waals surface area contributed by atoms with Gasteiger partial charge in [-0.25, -0.2) is 0 Å². The van der Waals surface area contributed by atoms with E-state index in [4.69, 9.17) is 9.47 Å². The minimum atomic E-state index is 0.112. The fraction of sp³-hybridized carbons (Fsp3) is 0.353. The SMILES string of the molecule is COc1cc(CN(CCO)Cc2cccnc2)cc(OC)c1. The lowest BCUT2D eigenvalue weighted by molar-refractivity contribution is 0.184. The number of ether oxygens (including phenoxy) is 2. The van der Waals surface area contributed by atoms with Crippen LogP contribution in [0.3, 0.4) is 0 Å². The van der Waals surface area contributed by atoms with Gasteiger partial charge in [-0.2, -0.15) is 0 Å². The number of nitrogens with zero attached hydrogens (tertiary/aromatic N) is 2. The molecule has 0 saturated heterocycles. The Hall–Kier alpha value is -2.11. The van der Waals surface area contributed by atoms with Crippen LogP contribution in [0.15, 0.2) is 42.7 Å². The van der Waals surface area contributed by atoms with E-state index in [2.05, 4.69) is 9.88 Å². The number of pyridine rings is 1. The Labute approximate surface area is 131 Å². The number of aliphatic hydroxyl groups excluding tert-OH is 1. The van der Waals surface area contributed by atoms with E-state index in [-0.39, 0.29) is 6.61 Å². The smallest absolute Gasteiger partial charge is 0.122 e. The molecule has 22 heavy (non-hydrogen) atoms. The summed E-state index contributed by atoms with van der Waals surface area (Å²) in [6, 6.07) is 9.76. The van der Waals surface area contributed by atoms with E-state index in [0.29, 0.717) is 13.1 Å². The highest BCUT2D eigenvalue weighted by Gasteiger charge is 2.09. The number of hydrogen-bond donors (Lipinski definition) is 1. The summed E-state index contributed by atoms with van der Waals surface area (Å²) < 4.78 is 10.6. The number of hydrogen-bond acceptors (Lipinski definition) is 5. The normalized spacial score (nSPS) is 10.7. The number of aromatic nitrogens is 1. The largest absolute Gasteiger partial charge is 0.497 e. The van der Waals surface area contributed by atoms with Gasteiger partial charge in [0.15, 0.2) is 0 Å². The molecule has 5 heteroatoms. The zero-order valence-electron chi connectivity index (χ0n) is 13.0. The Bertz CT molecular complexity index is 553. The molecule has 0 fully saturated rings. The van der Waals surface area contributed by atoms with Crippen molar-refractivity contribution < 1.29 is 14.6 Å². The summed E-state index contributed by atoms with van der Waals surface area (Å²) in [5, 5.41) is 9.29. The molecule has 0 aliphatic carbocycles. The molecule has 1 heterocycles. The highest BCUT2D eigenvalue weighted by molar-refractivity contribution is 5.38. The predicted molar refractivity (Wildman–Crippen MR) is 85.0 cm³/mol.